The lowest BCUT2D eigenvalue weighted by Crippen LogP contribution is -2.53. The molecule has 0 atom stereocenters. The molecule has 3 heterocycles. The van der Waals surface area contributed by atoms with Crippen LogP contribution in [0.2, 0.25) is 0 Å². The zero-order chi connectivity index (χ0) is 13.5. The Morgan fingerprint density at radius 1 is 1.53 bits per heavy atom. The van der Waals surface area contributed by atoms with Crippen molar-refractivity contribution in [2.75, 3.05) is 31.7 Å². The summed E-state index contributed by atoms with van der Waals surface area (Å²) in [5.74, 6) is 1.09. The third kappa shape index (κ3) is 2.13. The van der Waals surface area contributed by atoms with Crippen LogP contribution < -0.4 is 10.2 Å². The first-order chi connectivity index (χ1) is 9.13. The molecule has 0 unspecified atom stereocenters. The molecule has 0 spiro atoms. The normalized spacial score (nSPS) is 19.2. The Balaban J connectivity index is 2.07. The summed E-state index contributed by atoms with van der Waals surface area (Å²) >= 11 is 1.68. The molecule has 0 bridgehead atoms. The van der Waals surface area contributed by atoms with Gasteiger partial charge in [0.15, 0.2) is 10.8 Å². The van der Waals surface area contributed by atoms with Crippen LogP contribution in [0.15, 0.2) is 11.6 Å². The van der Waals surface area contributed by atoms with Crippen LogP contribution in [0.3, 0.4) is 0 Å². The van der Waals surface area contributed by atoms with E-state index >= 15 is 0 Å². The minimum Gasteiger partial charge on any atom is -0.377 e. The predicted octanol–water partition coefficient (Wildman–Crippen LogP) is 1.73. The number of aromatic nitrogens is 2. The average molecular weight is 280 g/mol. The van der Waals surface area contributed by atoms with Crippen LogP contribution in [0.1, 0.15) is 19.5 Å². The van der Waals surface area contributed by atoms with E-state index in [9.17, 15) is 0 Å². The van der Waals surface area contributed by atoms with Crippen LogP contribution in [-0.4, -0.2) is 41.7 Å². The first kappa shape index (κ1) is 12.9. The first-order valence-electron chi connectivity index (χ1n) is 6.58. The number of nitrogens with one attached hydrogen (secondary N) is 1. The zero-order valence-electron chi connectivity index (χ0n) is 11.6. The summed E-state index contributed by atoms with van der Waals surface area (Å²) in [6.45, 7) is 7.66. The monoisotopic (exact) mass is 280 g/mol. The standard InChI is InChI=1S/C13H20N4OS/c1-13(2)9-18-6-4-17(13)11-10(8-14-3)16-5-7-19-12(16)15-11/h5,7,14H,4,6,8-9H2,1-3H3. The molecule has 104 valence electrons. The molecule has 0 saturated carbocycles. The smallest absolute Gasteiger partial charge is 0.195 e. The van der Waals surface area contributed by atoms with Crippen molar-refractivity contribution in [1.82, 2.24) is 14.7 Å². The molecule has 1 saturated heterocycles. The van der Waals surface area contributed by atoms with Crippen LogP contribution in [0.25, 0.3) is 4.96 Å². The van der Waals surface area contributed by atoms with Crippen LogP contribution >= 0.6 is 11.3 Å². The fraction of sp³-hybridized carbons (Fsp3) is 0.615. The van der Waals surface area contributed by atoms with Crippen molar-refractivity contribution in [3.05, 3.63) is 17.3 Å². The maximum absolute atomic E-state index is 5.60. The van der Waals surface area contributed by atoms with E-state index < -0.39 is 0 Å². The predicted molar refractivity (Wildman–Crippen MR) is 78.1 cm³/mol. The molecule has 6 heteroatoms. The van der Waals surface area contributed by atoms with Gasteiger partial charge < -0.3 is 15.0 Å². The summed E-state index contributed by atoms with van der Waals surface area (Å²) in [5, 5.41) is 5.32. The second kappa shape index (κ2) is 4.77. The van der Waals surface area contributed by atoms with Crippen LogP contribution in [0, 0.1) is 0 Å². The Labute approximate surface area is 117 Å². The Morgan fingerprint density at radius 3 is 3.11 bits per heavy atom. The van der Waals surface area contributed by atoms with E-state index in [4.69, 9.17) is 9.72 Å². The van der Waals surface area contributed by atoms with E-state index in [1.165, 1.54) is 5.69 Å². The molecular formula is C13H20N4OS. The van der Waals surface area contributed by atoms with E-state index in [2.05, 4.69) is 40.0 Å². The minimum absolute atomic E-state index is 0.00915. The highest BCUT2D eigenvalue weighted by molar-refractivity contribution is 7.15. The largest absolute Gasteiger partial charge is 0.377 e. The van der Waals surface area contributed by atoms with Gasteiger partial charge in [0.2, 0.25) is 0 Å². The molecule has 1 N–H and O–H groups in total. The van der Waals surface area contributed by atoms with Crippen LogP contribution in [0.4, 0.5) is 5.82 Å². The van der Waals surface area contributed by atoms with Gasteiger partial charge >= 0.3 is 0 Å². The molecule has 0 amide bonds. The van der Waals surface area contributed by atoms with Gasteiger partial charge in [0, 0.05) is 24.7 Å². The van der Waals surface area contributed by atoms with E-state index in [-0.39, 0.29) is 5.54 Å². The third-order valence-corrected chi connectivity index (χ3v) is 4.34. The van der Waals surface area contributed by atoms with Crippen molar-refractivity contribution in [2.24, 2.45) is 0 Å². The summed E-state index contributed by atoms with van der Waals surface area (Å²) in [6.07, 6.45) is 2.09. The highest BCUT2D eigenvalue weighted by Crippen LogP contribution is 2.31. The van der Waals surface area contributed by atoms with Crippen LogP contribution in [-0.2, 0) is 11.3 Å². The quantitative estimate of drug-likeness (QED) is 0.930. The maximum Gasteiger partial charge on any atom is 0.195 e. The van der Waals surface area contributed by atoms with E-state index in [1.807, 2.05) is 7.05 Å². The van der Waals surface area contributed by atoms with Crippen molar-refractivity contribution in [1.29, 1.82) is 0 Å². The van der Waals surface area contributed by atoms with Gasteiger partial charge in [0.1, 0.15) is 0 Å². The molecule has 0 radical (unpaired) electrons. The van der Waals surface area contributed by atoms with Gasteiger partial charge in [-0.2, -0.15) is 0 Å². The van der Waals surface area contributed by atoms with E-state index in [0.29, 0.717) is 0 Å². The molecule has 19 heavy (non-hydrogen) atoms. The lowest BCUT2D eigenvalue weighted by Gasteiger charge is -2.42. The fourth-order valence-electron chi connectivity index (χ4n) is 2.62. The summed E-state index contributed by atoms with van der Waals surface area (Å²) in [7, 11) is 1.97. The summed E-state index contributed by atoms with van der Waals surface area (Å²) in [5.41, 5.74) is 1.22. The molecule has 0 aliphatic carbocycles. The molecule has 5 nitrogen and oxygen atoms in total. The zero-order valence-corrected chi connectivity index (χ0v) is 12.5. The fourth-order valence-corrected chi connectivity index (χ4v) is 3.35. The van der Waals surface area contributed by atoms with Gasteiger partial charge in [0.05, 0.1) is 24.4 Å². The van der Waals surface area contributed by atoms with Gasteiger partial charge in [-0.05, 0) is 20.9 Å². The highest BCUT2D eigenvalue weighted by atomic mass is 32.1. The number of hydrogen-bond acceptors (Lipinski definition) is 5. The number of anilines is 1. The number of ether oxygens (including phenoxy) is 1. The van der Waals surface area contributed by atoms with E-state index in [0.717, 1.165) is 37.1 Å². The summed E-state index contributed by atoms with van der Waals surface area (Å²) < 4.78 is 7.79. The number of morpholine rings is 1. The summed E-state index contributed by atoms with van der Waals surface area (Å²) in [4.78, 5) is 8.26. The molecule has 1 fully saturated rings. The Kier molecular flexibility index (Phi) is 3.24. The van der Waals surface area contributed by atoms with Crippen molar-refractivity contribution in [2.45, 2.75) is 25.9 Å². The highest BCUT2D eigenvalue weighted by Gasteiger charge is 2.34. The second-order valence-corrected chi connectivity index (χ2v) is 6.36. The van der Waals surface area contributed by atoms with Crippen molar-refractivity contribution < 1.29 is 4.74 Å². The Morgan fingerprint density at radius 2 is 2.37 bits per heavy atom. The first-order valence-corrected chi connectivity index (χ1v) is 7.46. The molecule has 1 aliphatic heterocycles. The number of nitrogens with zero attached hydrogens (tertiary/aromatic N) is 3. The number of fused-ring (bicyclic) bond motifs is 1. The number of thiazole rings is 1. The molecule has 1 aliphatic rings. The van der Waals surface area contributed by atoms with Gasteiger partial charge in [-0.1, -0.05) is 0 Å². The number of rotatable bonds is 3. The van der Waals surface area contributed by atoms with Crippen molar-refractivity contribution in [3.63, 3.8) is 0 Å². The third-order valence-electron chi connectivity index (χ3n) is 3.59. The average Bonchev–Trinajstić information content (AvgIpc) is 2.92. The Bertz CT molecular complexity index is 574. The van der Waals surface area contributed by atoms with Gasteiger partial charge in [0.25, 0.3) is 0 Å². The molecule has 2 aromatic rings. The van der Waals surface area contributed by atoms with Crippen molar-refractivity contribution >= 4 is 22.1 Å². The van der Waals surface area contributed by atoms with Gasteiger partial charge in [-0.15, -0.1) is 11.3 Å². The van der Waals surface area contributed by atoms with Crippen molar-refractivity contribution in [3.8, 4) is 0 Å². The molecule has 3 rings (SSSR count). The maximum atomic E-state index is 5.60. The van der Waals surface area contributed by atoms with Gasteiger partial charge in [-0.25, -0.2) is 4.98 Å². The second-order valence-electron chi connectivity index (χ2n) is 5.48. The lowest BCUT2D eigenvalue weighted by molar-refractivity contribution is 0.0638. The SMILES string of the molecule is CNCc1c(N2CCOCC2(C)C)nc2sccn12. The topological polar surface area (TPSA) is 41.8 Å². The molecular weight excluding hydrogens is 260 g/mol. The molecule has 2 aromatic heterocycles. The van der Waals surface area contributed by atoms with Crippen LogP contribution in [0.5, 0.6) is 0 Å². The number of hydrogen-bond donors (Lipinski definition) is 1. The van der Waals surface area contributed by atoms with Gasteiger partial charge in [-0.3, -0.25) is 4.40 Å². The minimum atomic E-state index is -0.00915. The Hall–Kier alpha value is -1.11. The van der Waals surface area contributed by atoms with E-state index in [1.54, 1.807) is 11.3 Å². The molecule has 0 aromatic carbocycles. The summed E-state index contributed by atoms with van der Waals surface area (Å²) in [6, 6.07) is 0. The number of imidazole rings is 1. The lowest BCUT2D eigenvalue weighted by atomic mass is 10.0.